The Morgan fingerprint density at radius 1 is 0.848 bits per heavy atom. The molecule has 0 radical (unpaired) electrons. The molecule has 0 aliphatic carbocycles. The van der Waals surface area contributed by atoms with Crippen molar-refractivity contribution in [3.63, 3.8) is 0 Å². The molecular weight excluding hydrogens is 433 g/mol. The van der Waals surface area contributed by atoms with Crippen molar-refractivity contribution in [1.82, 2.24) is 14.7 Å². The van der Waals surface area contributed by atoms with Crippen LogP contribution in [0.2, 0.25) is 0 Å². The van der Waals surface area contributed by atoms with Crippen LogP contribution in [0, 0.1) is 0 Å². The van der Waals surface area contributed by atoms with Gasteiger partial charge in [-0.2, -0.15) is 13.2 Å². The number of nitrogens with one attached hydrogen (secondary N) is 1. The maximum atomic E-state index is 13.2. The highest BCUT2D eigenvalue weighted by Crippen LogP contribution is 2.32. The molecular formula is C24H27F3N4O2. The number of hydrogen-bond acceptors (Lipinski definition) is 4. The number of alkyl halides is 3. The van der Waals surface area contributed by atoms with Crippen LogP contribution in [0.5, 0.6) is 0 Å². The highest BCUT2D eigenvalue weighted by Gasteiger charge is 2.31. The van der Waals surface area contributed by atoms with E-state index in [2.05, 4.69) is 10.2 Å². The summed E-state index contributed by atoms with van der Waals surface area (Å²) in [6, 6.07) is 11.7. The lowest BCUT2D eigenvalue weighted by molar-refractivity contribution is -0.137. The average Bonchev–Trinajstić information content (AvgIpc) is 3.34. The van der Waals surface area contributed by atoms with Crippen molar-refractivity contribution in [3.8, 4) is 0 Å². The van der Waals surface area contributed by atoms with Crippen LogP contribution in [0.25, 0.3) is 0 Å². The molecule has 2 saturated heterocycles. The molecule has 2 aromatic rings. The topological polar surface area (TPSA) is 55.9 Å². The van der Waals surface area contributed by atoms with Crippen molar-refractivity contribution in [1.29, 1.82) is 0 Å². The van der Waals surface area contributed by atoms with Gasteiger partial charge in [-0.25, -0.2) is 0 Å². The van der Waals surface area contributed by atoms with Gasteiger partial charge in [0, 0.05) is 45.0 Å². The molecule has 0 atom stereocenters. The van der Waals surface area contributed by atoms with Crippen LogP contribution in [0.15, 0.2) is 48.5 Å². The predicted octanol–water partition coefficient (Wildman–Crippen LogP) is 3.83. The molecule has 2 heterocycles. The fraction of sp³-hybridized carbons (Fsp3) is 0.417. The monoisotopic (exact) mass is 460 g/mol. The van der Waals surface area contributed by atoms with Gasteiger partial charge in [0.15, 0.2) is 0 Å². The zero-order valence-corrected chi connectivity index (χ0v) is 18.3. The van der Waals surface area contributed by atoms with E-state index in [0.717, 1.165) is 38.1 Å². The first-order chi connectivity index (χ1) is 15.8. The molecule has 0 spiro atoms. The smallest absolute Gasteiger partial charge is 0.355 e. The molecule has 1 N–H and O–H groups in total. The third-order valence-corrected chi connectivity index (χ3v) is 6.10. The second kappa shape index (κ2) is 9.82. The molecule has 0 bridgehead atoms. The lowest BCUT2D eigenvalue weighted by Gasteiger charge is -2.35. The van der Waals surface area contributed by atoms with Crippen molar-refractivity contribution in [2.75, 3.05) is 51.1 Å². The molecule has 0 unspecified atom stereocenters. The molecule has 2 amide bonds. The molecule has 176 valence electrons. The number of benzene rings is 2. The third-order valence-electron chi connectivity index (χ3n) is 6.10. The fourth-order valence-corrected chi connectivity index (χ4v) is 4.24. The summed E-state index contributed by atoms with van der Waals surface area (Å²) in [6.07, 6.45) is -2.33. The average molecular weight is 461 g/mol. The lowest BCUT2D eigenvalue weighted by atomic mass is 10.1. The summed E-state index contributed by atoms with van der Waals surface area (Å²) in [7, 11) is 0. The van der Waals surface area contributed by atoms with E-state index >= 15 is 0 Å². The normalized spacial score (nSPS) is 17.3. The first kappa shape index (κ1) is 23.1. The fourth-order valence-electron chi connectivity index (χ4n) is 4.24. The molecule has 2 aliphatic heterocycles. The molecule has 0 saturated carbocycles. The van der Waals surface area contributed by atoms with E-state index in [1.54, 1.807) is 29.2 Å². The largest absolute Gasteiger partial charge is 0.416 e. The van der Waals surface area contributed by atoms with E-state index in [0.29, 0.717) is 44.0 Å². The van der Waals surface area contributed by atoms with E-state index in [4.69, 9.17) is 0 Å². The highest BCUT2D eigenvalue weighted by molar-refractivity contribution is 6.00. The van der Waals surface area contributed by atoms with E-state index < -0.39 is 11.7 Å². The molecule has 6 nitrogen and oxygen atoms in total. The van der Waals surface area contributed by atoms with Gasteiger partial charge < -0.3 is 15.1 Å². The first-order valence-corrected chi connectivity index (χ1v) is 11.1. The maximum Gasteiger partial charge on any atom is 0.416 e. The summed E-state index contributed by atoms with van der Waals surface area (Å²) < 4.78 is 39.1. The van der Waals surface area contributed by atoms with Gasteiger partial charge in [0.25, 0.3) is 5.91 Å². The number of halogens is 3. The highest BCUT2D eigenvalue weighted by atomic mass is 19.4. The molecule has 9 heteroatoms. The van der Waals surface area contributed by atoms with Crippen molar-refractivity contribution >= 4 is 23.2 Å². The zero-order chi connectivity index (χ0) is 23.4. The summed E-state index contributed by atoms with van der Waals surface area (Å²) in [5, 5.41) is 2.96. The van der Waals surface area contributed by atoms with Gasteiger partial charge in [-0.3, -0.25) is 14.5 Å². The van der Waals surface area contributed by atoms with Gasteiger partial charge >= 0.3 is 6.18 Å². The van der Waals surface area contributed by atoms with E-state index in [9.17, 15) is 22.8 Å². The minimum Gasteiger partial charge on any atom is -0.355 e. The van der Waals surface area contributed by atoms with E-state index in [-0.39, 0.29) is 17.5 Å². The number of para-hydroxylation sites is 1. The Morgan fingerprint density at radius 2 is 1.55 bits per heavy atom. The predicted molar refractivity (Wildman–Crippen MR) is 119 cm³/mol. The van der Waals surface area contributed by atoms with Crippen molar-refractivity contribution in [2.24, 2.45) is 0 Å². The summed E-state index contributed by atoms with van der Waals surface area (Å²) in [5.74, 6) is -0.0431. The second-order valence-electron chi connectivity index (χ2n) is 8.41. The molecule has 2 fully saturated rings. The molecule has 4 rings (SSSR count). The Morgan fingerprint density at radius 3 is 2.24 bits per heavy atom. The van der Waals surface area contributed by atoms with E-state index in [1.165, 1.54) is 12.1 Å². The van der Waals surface area contributed by atoms with Crippen LogP contribution in [0.1, 0.15) is 28.8 Å². The molecule has 2 aromatic carbocycles. The second-order valence-corrected chi connectivity index (χ2v) is 8.41. The van der Waals surface area contributed by atoms with Crippen LogP contribution in [0.4, 0.5) is 24.5 Å². The number of anilines is 2. The lowest BCUT2D eigenvalue weighted by Crippen LogP contribution is -2.51. The van der Waals surface area contributed by atoms with Gasteiger partial charge in [0.05, 0.1) is 23.4 Å². The number of nitrogens with zero attached hydrogens (tertiary/aromatic N) is 3. The number of carbonyl (C=O) groups is 2. The van der Waals surface area contributed by atoms with Crippen LogP contribution in [0.3, 0.4) is 0 Å². The Labute approximate surface area is 191 Å². The van der Waals surface area contributed by atoms with Crippen molar-refractivity contribution in [3.05, 3.63) is 59.7 Å². The Hall–Kier alpha value is -3.07. The van der Waals surface area contributed by atoms with Crippen molar-refractivity contribution < 1.29 is 22.8 Å². The zero-order valence-electron chi connectivity index (χ0n) is 18.3. The number of carbonyl (C=O) groups excluding carboxylic acids is 2. The summed E-state index contributed by atoms with van der Waals surface area (Å²) >= 11 is 0. The number of likely N-dealkylation sites (tertiary alicyclic amines) is 1. The van der Waals surface area contributed by atoms with Crippen LogP contribution in [-0.2, 0) is 11.0 Å². The SMILES string of the molecule is O=C(CN1CCN(C(=O)c2ccccc2Nc2cccc(C(F)(F)F)c2)CC1)N1CCCC1. The Bertz CT molecular complexity index is 997. The third kappa shape index (κ3) is 5.65. The summed E-state index contributed by atoms with van der Waals surface area (Å²) in [5.41, 5.74) is 0.358. The Kier molecular flexibility index (Phi) is 6.88. The van der Waals surface area contributed by atoms with Gasteiger partial charge in [-0.15, -0.1) is 0 Å². The summed E-state index contributed by atoms with van der Waals surface area (Å²) in [4.78, 5) is 31.3. The van der Waals surface area contributed by atoms with Crippen LogP contribution < -0.4 is 5.32 Å². The number of amides is 2. The van der Waals surface area contributed by atoms with E-state index in [1.807, 2.05) is 4.90 Å². The minimum atomic E-state index is -4.44. The van der Waals surface area contributed by atoms with Crippen LogP contribution in [-0.4, -0.2) is 72.3 Å². The van der Waals surface area contributed by atoms with Gasteiger partial charge in [-0.1, -0.05) is 18.2 Å². The van der Waals surface area contributed by atoms with Crippen molar-refractivity contribution in [2.45, 2.75) is 19.0 Å². The summed E-state index contributed by atoms with van der Waals surface area (Å²) in [6.45, 7) is 4.21. The number of hydrogen-bond donors (Lipinski definition) is 1. The van der Waals surface area contributed by atoms with Gasteiger partial charge in [0.2, 0.25) is 5.91 Å². The Balaban J connectivity index is 1.39. The quantitative estimate of drug-likeness (QED) is 0.737. The number of piperazine rings is 1. The molecule has 33 heavy (non-hydrogen) atoms. The van der Waals surface area contributed by atoms with Gasteiger partial charge in [-0.05, 0) is 43.2 Å². The first-order valence-electron chi connectivity index (χ1n) is 11.1. The number of rotatable bonds is 5. The van der Waals surface area contributed by atoms with Crippen LogP contribution >= 0.6 is 0 Å². The van der Waals surface area contributed by atoms with Gasteiger partial charge in [0.1, 0.15) is 0 Å². The minimum absolute atomic E-state index is 0.142. The standard InChI is InChI=1S/C24H27F3N4O2/c25-24(26,27)18-6-5-7-19(16-18)28-21-9-2-1-8-20(21)23(33)31-14-12-29(13-15-31)17-22(32)30-10-3-4-11-30/h1-2,5-9,16,28H,3-4,10-15,17H2. The molecule has 2 aliphatic rings. The molecule has 0 aromatic heterocycles. The maximum absolute atomic E-state index is 13.2.